The van der Waals surface area contributed by atoms with Crippen molar-refractivity contribution < 1.29 is 19.2 Å². The number of nitrogens with one attached hydrogen (secondary N) is 3. The Labute approximate surface area is 172 Å². The number of para-hydroxylation sites is 1. The molecular formula is C22H20N4O4. The highest BCUT2D eigenvalue weighted by atomic mass is 16.2. The second-order valence-electron chi connectivity index (χ2n) is 7.98. The fraction of sp³-hybridized carbons (Fsp3) is 0.273. The van der Waals surface area contributed by atoms with Crippen LogP contribution in [0.25, 0.3) is 0 Å². The molecule has 152 valence electrons. The van der Waals surface area contributed by atoms with Gasteiger partial charge in [-0.25, -0.2) is 4.90 Å². The first-order chi connectivity index (χ1) is 14.3. The van der Waals surface area contributed by atoms with Crippen molar-refractivity contribution in [1.29, 1.82) is 0 Å². The molecule has 1 spiro atoms. The zero-order valence-corrected chi connectivity index (χ0v) is 16.4. The zero-order chi connectivity index (χ0) is 21.2. The molecule has 4 amide bonds. The van der Waals surface area contributed by atoms with Gasteiger partial charge in [-0.3, -0.25) is 24.5 Å². The van der Waals surface area contributed by atoms with Crippen LogP contribution in [0.4, 0.5) is 17.1 Å². The van der Waals surface area contributed by atoms with Gasteiger partial charge in [-0.15, -0.1) is 0 Å². The molecule has 8 nitrogen and oxygen atoms in total. The summed E-state index contributed by atoms with van der Waals surface area (Å²) in [4.78, 5) is 52.3. The first-order valence-electron chi connectivity index (χ1n) is 9.78. The molecule has 0 aliphatic carbocycles. The molecule has 2 aromatic rings. The summed E-state index contributed by atoms with van der Waals surface area (Å²) in [5, 5.41) is 8.79. The molecule has 5 rings (SSSR count). The Morgan fingerprint density at radius 2 is 1.73 bits per heavy atom. The van der Waals surface area contributed by atoms with Crippen LogP contribution in [0.1, 0.15) is 19.4 Å². The predicted molar refractivity (Wildman–Crippen MR) is 110 cm³/mol. The molecule has 4 atom stereocenters. The van der Waals surface area contributed by atoms with E-state index in [0.717, 1.165) is 0 Å². The van der Waals surface area contributed by atoms with Gasteiger partial charge in [-0.05, 0) is 37.3 Å². The smallest absolute Gasteiger partial charge is 0.250 e. The Bertz CT molecular complexity index is 1110. The number of carbonyl (C=O) groups excluding carboxylic acids is 4. The standard InChI is InChI=1S/C22H20N4O4/c1-11-17-18(22(25-11)15-5-3-4-6-16(15)24-21(22)30)20(29)26(19(17)28)14-9-7-13(8-10-14)23-12(2)27/h3-11,17-18,25H,1-2H3,(H,23,27)(H,24,30)/t11-,17+,18+,22-/m0/s1. The number of hydrogen-bond acceptors (Lipinski definition) is 5. The predicted octanol–water partition coefficient (Wildman–Crippen LogP) is 1.59. The Kier molecular flexibility index (Phi) is 3.85. The van der Waals surface area contributed by atoms with E-state index in [-0.39, 0.29) is 23.8 Å². The lowest BCUT2D eigenvalue weighted by Gasteiger charge is -2.29. The van der Waals surface area contributed by atoms with Gasteiger partial charge in [0.15, 0.2) is 0 Å². The van der Waals surface area contributed by atoms with Crippen LogP contribution in [0, 0.1) is 11.8 Å². The second-order valence-corrected chi connectivity index (χ2v) is 7.98. The average molecular weight is 404 g/mol. The quantitative estimate of drug-likeness (QED) is 0.659. The maximum absolute atomic E-state index is 13.5. The van der Waals surface area contributed by atoms with Crippen molar-refractivity contribution in [1.82, 2.24) is 5.32 Å². The van der Waals surface area contributed by atoms with Crippen LogP contribution in [0.5, 0.6) is 0 Å². The maximum Gasteiger partial charge on any atom is 0.250 e. The highest BCUT2D eigenvalue weighted by molar-refractivity contribution is 6.25. The Morgan fingerprint density at radius 3 is 2.43 bits per heavy atom. The van der Waals surface area contributed by atoms with Gasteiger partial charge in [0.25, 0.3) is 0 Å². The molecule has 3 aliphatic heterocycles. The van der Waals surface area contributed by atoms with E-state index in [1.807, 2.05) is 25.1 Å². The molecule has 30 heavy (non-hydrogen) atoms. The van der Waals surface area contributed by atoms with Crippen molar-refractivity contribution in [2.75, 3.05) is 15.5 Å². The van der Waals surface area contributed by atoms with E-state index in [2.05, 4.69) is 16.0 Å². The molecule has 8 heteroatoms. The summed E-state index contributed by atoms with van der Waals surface area (Å²) in [6.45, 7) is 3.23. The molecule has 0 aromatic heterocycles. The van der Waals surface area contributed by atoms with Gasteiger partial charge in [0, 0.05) is 29.9 Å². The van der Waals surface area contributed by atoms with Gasteiger partial charge >= 0.3 is 0 Å². The largest absolute Gasteiger partial charge is 0.326 e. The Hall–Kier alpha value is -3.52. The number of nitrogens with zero attached hydrogens (tertiary/aromatic N) is 1. The third kappa shape index (κ3) is 2.31. The van der Waals surface area contributed by atoms with E-state index >= 15 is 0 Å². The summed E-state index contributed by atoms with van der Waals surface area (Å²) in [5.41, 5.74) is 1.07. The van der Waals surface area contributed by atoms with Crippen LogP contribution in [0.3, 0.4) is 0 Å². The van der Waals surface area contributed by atoms with E-state index in [1.165, 1.54) is 11.8 Å². The van der Waals surface area contributed by atoms with Crippen molar-refractivity contribution in [3.8, 4) is 0 Å². The number of amides is 4. The van der Waals surface area contributed by atoms with Crippen molar-refractivity contribution >= 4 is 40.7 Å². The molecule has 0 unspecified atom stereocenters. The summed E-state index contributed by atoms with van der Waals surface area (Å²) in [5.74, 6) is -2.74. The highest BCUT2D eigenvalue weighted by Crippen LogP contribution is 2.53. The first kappa shape index (κ1) is 18.5. The van der Waals surface area contributed by atoms with E-state index in [1.54, 1.807) is 30.3 Å². The summed E-state index contributed by atoms with van der Waals surface area (Å²) in [6, 6.07) is 13.4. The molecule has 2 saturated heterocycles. The average Bonchev–Trinajstić information content (AvgIpc) is 3.27. The lowest BCUT2D eigenvalue weighted by Crippen LogP contribution is -2.53. The molecular weight excluding hydrogens is 384 g/mol. The first-order valence-corrected chi connectivity index (χ1v) is 9.78. The fourth-order valence-electron chi connectivity index (χ4n) is 5.07. The molecule has 3 heterocycles. The van der Waals surface area contributed by atoms with Gasteiger partial charge in [-0.1, -0.05) is 18.2 Å². The number of imide groups is 1. The number of benzene rings is 2. The summed E-state index contributed by atoms with van der Waals surface area (Å²) < 4.78 is 0. The van der Waals surface area contributed by atoms with E-state index in [4.69, 9.17) is 0 Å². The van der Waals surface area contributed by atoms with Crippen molar-refractivity contribution in [3.05, 3.63) is 54.1 Å². The summed E-state index contributed by atoms with van der Waals surface area (Å²) in [7, 11) is 0. The SMILES string of the molecule is CC(=O)Nc1ccc(N2C(=O)[C@@H]3[C@H](C)N[C@]4(C(=O)Nc5ccccc54)[C@H]3C2=O)cc1. The fourth-order valence-corrected chi connectivity index (χ4v) is 5.07. The van der Waals surface area contributed by atoms with Crippen molar-refractivity contribution in [3.63, 3.8) is 0 Å². The normalized spacial score (nSPS) is 29.2. The van der Waals surface area contributed by atoms with E-state index in [9.17, 15) is 19.2 Å². The van der Waals surface area contributed by atoms with Crippen LogP contribution < -0.4 is 20.9 Å². The maximum atomic E-state index is 13.5. The van der Waals surface area contributed by atoms with Gasteiger partial charge in [-0.2, -0.15) is 0 Å². The topological polar surface area (TPSA) is 108 Å². The molecule has 0 bridgehead atoms. The summed E-state index contributed by atoms with van der Waals surface area (Å²) in [6.07, 6.45) is 0. The monoisotopic (exact) mass is 404 g/mol. The van der Waals surface area contributed by atoms with Crippen LogP contribution in [-0.4, -0.2) is 29.7 Å². The lowest BCUT2D eigenvalue weighted by atomic mass is 9.76. The van der Waals surface area contributed by atoms with Gasteiger partial charge in [0.1, 0.15) is 5.54 Å². The van der Waals surface area contributed by atoms with Crippen LogP contribution in [0.2, 0.25) is 0 Å². The summed E-state index contributed by atoms with van der Waals surface area (Å²) >= 11 is 0. The molecule has 0 saturated carbocycles. The van der Waals surface area contributed by atoms with E-state index in [0.29, 0.717) is 22.6 Å². The molecule has 2 fully saturated rings. The van der Waals surface area contributed by atoms with Crippen molar-refractivity contribution in [2.24, 2.45) is 11.8 Å². The number of carbonyl (C=O) groups is 4. The zero-order valence-electron chi connectivity index (χ0n) is 16.4. The third-order valence-electron chi connectivity index (χ3n) is 6.22. The molecule has 0 radical (unpaired) electrons. The lowest BCUT2D eigenvalue weighted by molar-refractivity contribution is -0.130. The van der Waals surface area contributed by atoms with Gasteiger partial charge < -0.3 is 10.6 Å². The van der Waals surface area contributed by atoms with Gasteiger partial charge in [0.2, 0.25) is 23.6 Å². The van der Waals surface area contributed by atoms with Crippen LogP contribution >= 0.6 is 0 Å². The number of rotatable bonds is 2. The van der Waals surface area contributed by atoms with Crippen LogP contribution in [-0.2, 0) is 24.7 Å². The second kappa shape index (κ2) is 6.24. The number of hydrogen-bond donors (Lipinski definition) is 3. The molecule has 3 N–H and O–H groups in total. The molecule has 2 aromatic carbocycles. The van der Waals surface area contributed by atoms with Crippen LogP contribution in [0.15, 0.2) is 48.5 Å². The van der Waals surface area contributed by atoms with E-state index < -0.39 is 23.3 Å². The minimum Gasteiger partial charge on any atom is -0.326 e. The number of anilines is 3. The number of fused-ring (bicyclic) bond motifs is 4. The molecule has 3 aliphatic rings. The van der Waals surface area contributed by atoms with Gasteiger partial charge in [0.05, 0.1) is 17.5 Å². The Morgan fingerprint density at radius 1 is 1.03 bits per heavy atom. The third-order valence-corrected chi connectivity index (χ3v) is 6.22. The minimum absolute atomic E-state index is 0.210. The highest BCUT2D eigenvalue weighted by Gasteiger charge is 2.69. The minimum atomic E-state index is -1.27. The Balaban J connectivity index is 1.56. The van der Waals surface area contributed by atoms with Crippen molar-refractivity contribution in [2.45, 2.75) is 25.4 Å².